The molecule has 0 aliphatic heterocycles. The Labute approximate surface area is 443 Å². The Morgan fingerprint density at radius 3 is 1.08 bits per heavy atom. The normalized spacial score (nSPS) is 12.8. The number of amides is 1. The van der Waals surface area contributed by atoms with E-state index in [2.05, 4.69) is 43.5 Å². The van der Waals surface area contributed by atoms with Gasteiger partial charge >= 0.3 is 5.97 Å². The predicted octanol–water partition coefficient (Wildman–Crippen LogP) is 20.0. The molecule has 0 aliphatic rings. The molecule has 0 aliphatic carbocycles. The van der Waals surface area contributed by atoms with Gasteiger partial charge in [-0.05, 0) is 64.2 Å². The Morgan fingerprint density at radius 1 is 0.394 bits per heavy atom. The second-order valence-electron chi connectivity index (χ2n) is 21.7. The SMILES string of the molecule is CCCCCC/C=C\C/C=C\CCCCCCCC(=O)OCCCCCCCCCCCCCCCCCCCCCCCCCCCCCC(=O)NC(CO)C(O)/C=C/CCCCCCCCCCC. The van der Waals surface area contributed by atoms with Gasteiger partial charge in [0.1, 0.15) is 0 Å². The Bertz CT molecular complexity index is 1150. The molecule has 3 N–H and O–H groups in total. The lowest BCUT2D eigenvalue weighted by molar-refractivity contribution is -0.143. The molecule has 71 heavy (non-hydrogen) atoms. The number of esters is 1. The molecule has 0 spiro atoms. The van der Waals surface area contributed by atoms with E-state index in [-0.39, 0.29) is 18.5 Å². The lowest BCUT2D eigenvalue weighted by atomic mass is 10.0. The van der Waals surface area contributed by atoms with Crippen molar-refractivity contribution in [3.8, 4) is 0 Å². The first-order chi connectivity index (χ1) is 35.0. The Balaban J connectivity index is 3.35. The summed E-state index contributed by atoms with van der Waals surface area (Å²) in [6.07, 6.45) is 76.3. The molecule has 0 saturated heterocycles. The molecule has 6 nitrogen and oxygen atoms in total. The standard InChI is InChI=1S/C65H123NO5/c1-3-5-7-9-11-13-15-16-17-32-35-39-43-47-51-55-59-65(70)71-60-56-52-48-44-40-36-33-30-28-26-24-22-20-18-19-21-23-25-27-29-31-34-38-42-46-50-54-58-64(69)66-62(61-67)63(68)57-53-49-45-41-37-14-12-10-8-6-4-2/h13,15,17,32,53,57,62-63,67-68H,3-12,14,16,18-31,33-52,54-56,58-61H2,1-2H3,(H,66,69)/b15-13-,32-17-,57-53+. The first-order valence-corrected chi connectivity index (χ1v) is 31.8. The summed E-state index contributed by atoms with van der Waals surface area (Å²) in [5, 5.41) is 23.0. The zero-order valence-electron chi connectivity index (χ0n) is 47.7. The van der Waals surface area contributed by atoms with Crippen molar-refractivity contribution < 1.29 is 24.5 Å². The minimum absolute atomic E-state index is 0.00412. The van der Waals surface area contributed by atoms with Crippen molar-refractivity contribution in [2.24, 2.45) is 0 Å². The van der Waals surface area contributed by atoms with Crippen LogP contribution in [0.15, 0.2) is 36.5 Å². The van der Waals surface area contributed by atoms with Gasteiger partial charge in [-0.2, -0.15) is 0 Å². The van der Waals surface area contributed by atoms with Gasteiger partial charge in [-0.1, -0.05) is 301 Å². The maximum Gasteiger partial charge on any atom is 0.305 e. The van der Waals surface area contributed by atoms with Crippen LogP contribution in [0.5, 0.6) is 0 Å². The summed E-state index contributed by atoms with van der Waals surface area (Å²) in [6, 6.07) is -0.624. The number of hydrogen-bond acceptors (Lipinski definition) is 5. The van der Waals surface area contributed by atoms with Gasteiger partial charge in [-0.15, -0.1) is 0 Å². The molecule has 0 rings (SSSR count). The fourth-order valence-corrected chi connectivity index (χ4v) is 9.78. The van der Waals surface area contributed by atoms with Crippen molar-refractivity contribution in [1.29, 1.82) is 0 Å². The fourth-order valence-electron chi connectivity index (χ4n) is 9.78. The molecule has 6 heteroatoms. The van der Waals surface area contributed by atoms with Crippen molar-refractivity contribution in [2.75, 3.05) is 13.2 Å². The molecular weight excluding hydrogens is 875 g/mol. The van der Waals surface area contributed by atoms with Crippen LogP contribution >= 0.6 is 0 Å². The highest BCUT2D eigenvalue weighted by Crippen LogP contribution is 2.18. The minimum atomic E-state index is -0.841. The first kappa shape index (κ1) is 69.1. The molecule has 0 fully saturated rings. The number of rotatable bonds is 59. The molecule has 0 saturated carbocycles. The van der Waals surface area contributed by atoms with Gasteiger partial charge < -0.3 is 20.3 Å². The molecular formula is C65H123NO5. The highest BCUT2D eigenvalue weighted by atomic mass is 16.5. The summed E-state index contributed by atoms with van der Waals surface area (Å²) in [5.74, 6) is -0.0618. The van der Waals surface area contributed by atoms with Gasteiger partial charge in [-0.25, -0.2) is 0 Å². The summed E-state index contributed by atoms with van der Waals surface area (Å²) in [6.45, 7) is 4.88. The largest absolute Gasteiger partial charge is 0.466 e. The van der Waals surface area contributed by atoms with Crippen LogP contribution in [0.1, 0.15) is 341 Å². The number of hydrogen-bond donors (Lipinski definition) is 3. The Kier molecular flexibility index (Phi) is 59.0. The number of allylic oxidation sites excluding steroid dienone is 5. The monoisotopic (exact) mass is 998 g/mol. The van der Waals surface area contributed by atoms with Crippen molar-refractivity contribution in [1.82, 2.24) is 5.32 Å². The molecule has 0 aromatic rings. The molecule has 2 unspecified atom stereocenters. The van der Waals surface area contributed by atoms with Crippen LogP contribution in [-0.4, -0.2) is 47.4 Å². The number of unbranched alkanes of at least 4 members (excludes halogenated alkanes) is 44. The van der Waals surface area contributed by atoms with Gasteiger partial charge in [0.05, 0.1) is 25.4 Å². The minimum Gasteiger partial charge on any atom is -0.466 e. The van der Waals surface area contributed by atoms with Crippen molar-refractivity contribution >= 4 is 11.9 Å². The van der Waals surface area contributed by atoms with Crippen LogP contribution in [0.3, 0.4) is 0 Å². The van der Waals surface area contributed by atoms with Crippen LogP contribution in [-0.2, 0) is 14.3 Å². The average molecular weight is 999 g/mol. The molecule has 418 valence electrons. The van der Waals surface area contributed by atoms with Gasteiger partial charge in [-0.3, -0.25) is 9.59 Å². The van der Waals surface area contributed by atoms with Gasteiger partial charge in [0.15, 0.2) is 0 Å². The van der Waals surface area contributed by atoms with Gasteiger partial charge in [0, 0.05) is 12.8 Å². The predicted molar refractivity (Wildman–Crippen MR) is 310 cm³/mol. The summed E-state index contributed by atoms with van der Waals surface area (Å²) in [7, 11) is 0. The summed E-state index contributed by atoms with van der Waals surface area (Å²) >= 11 is 0. The van der Waals surface area contributed by atoms with Crippen LogP contribution < -0.4 is 5.32 Å². The summed E-state index contributed by atoms with van der Waals surface area (Å²) < 4.78 is 5.49. The number of aliphatic hydroxyl groups is 2. The zero-order valence-corrected chi connectivity index (χ0v) is 47.7. The van der Waals surface area contributed by atoms with Gasteiger partial charge in [0.2, 0.25) is 5.91 Å². The number of nitrogens with one attached hydrogen (secondary N) is 1. The number of carbonyl (C=O) groups excluding carboxylic acids is 2. The van der Waals surface area contributed by atoms with E-state index in [9.17, 15) is 19.8 Å². The molecule has 0 aromatic heterocycles. The molecule has 0 aromatic carbocycles. The number of ether oxygens (including phenoxy) is 1. The molecule has 0 bridgehead atoms. The van der Waals surface area contributed by atoms with Crippen molar-refractivity contribution in [2.45, 2.75) is 353 Å². The van der Waals surface area contributed by atoms with E-state index in [1.807, 2.05) is 6.08 Å². The number of aliphatic hydroxyl groups excluding tert-OH is 2. The quantitative estimate of drug-likeness (QED) is 0.0321. The molecule has 0 heterocycles. The average Bonchev–Trinajstić information content (AvgIpc) is 3.37. The maximum atomic E-state index is 12.4. The summed E-state index contributed by atoms with van der Waals surface area (Å²) in [5.41, 5.74) is 0. The van der Waals surface area contributed by atoms with E-state index < -0.39 is 12.1 Å². The first-order valence-electron chi connectivity index (χ1n) is 31.8. The molecule has 0 radical (unpaired) electrons. The van der Waals surface area contributed by atoms with Crippen molar-refractivity contribution in [3.05, 3.63) is 36.5 Å². The summed E-state index contributed by atoms with van der Waals surface area (Å²) in [4.78, 5) is 24.5. The lowest BCUT2D eigenvalue weighted by Crippen LogP contribution is -2.45. The van der Waals surface area contributed by atoms with E-state index in [0.29, 0.717) is 19.4 Å². The highest BCUT2D eigenvalue weighted by Gasteiger charge is 2.18. The van der Waals surface area contributed by atoms with E-state index >= 15 is 0 Å². The second kappa shape index (κ2) is 60.6. The molecule has 1 amide bonds. The van der Waals surface area contributed by atoms with Crippen LogP contribution in [0.2, 0.25) is 0 Å². The lowest BCUT2D eigenvalue weighted by Gasteiger charge is -2.20. The second-order valence-corrected chi connectivity index (χ2v) is 21.7. The van der Waals surface area contributed by atoms with Crippen LogP contribution in [0, 0.1) is 0 Å². The topological polar surface area (TPSA) is 95.9 Å². The highest BCUT2D eigenvalue weighted by molar-refractivity contribution is 5.76. The third kappa shape index (κ3) is 57.2. The maximum absolute atomic E-state index is 12.4. The fraction of sp³-hybridized carbons (Fsp3) is 0.877. The Hall–Kier alpha value is -1.92. The third-order valence-corrected chi connectivity index (χ3v) is 14.7. The van der Waals surface area contributed by atoms with Gasteiger partial charge in [0.25, 0.3) is 0 Å². The smallest absolute Gasteiger partial charge is 0.305 e. The van der Waals surface area contributed by atoms with Crippen molar-refractivity contribution in [3.63, 3.8) is 0 Å². The number of carbonyl (C=O) groups is 2. The van der Waals surface area contributed by atoms with E-state index in [1.165, 1.54) is 263 Å². The van der Waals surface area contributed by atoms with Crippen LogP contribution in [0.25, 0.3) is 0 Å². The Morgan fingerprint density at radius 2 is 0.704 bits per heavy atom. The van der Waals surface area contributed by atoms with E-state index in [4.69, 9.17) is 4.74 Å². The third-order valence-electron chi connectivity index (χ3n) is 14.7. The van der Waals surface area contributed by atoms with E-state index in [0.717, 1.165) is 51.4 Å². The molecule has 2 atom stereocenters. The van der Waals surface area contributed by atoms with E-state index in [1.54, 1.807) is 6.08 Å². The zero-order chi connectivity index (χ0) is 51.4. The van der Waals surface area contributed by atoms with Crippen LogP contribution in [0.4, 0.5) is 0 Å².